The Morgan fingerprint density at radius 2 is 2.16 bits per heavy atom. The molecule has 1 aliphatic heterocycles. The van der Waals surface area contributed by atoms with E-state index in [4.69, 9.17) is 11.6 Å². The minimum atomic E-state index is 0.557. The van der Waals surface area contributed by atoms with Crippen LogP contribution in [0.15, 0.2) is 6.07 Å². The van der Waals surface area contributed by atoms with Crippen LogP contribution in [0.1, 0.15) is 49.1 Å². The fourth-order valence-corrected chi connectivity index (χ4v) is 4.78. The minimum absolute atomic E-state index is 0.557. The summed E-state index contributed by atoms with van der Waals surface area (Å²) in [4.78, 5) is 4.10. The molecule has 0 bridgehead atoms. The average Bonchev–Trinajstić information content (AvgIpc) is 2.93. The number of nitrogens with zero attached hydrogens (tertiary/aromatic N) is 1. The van der Waals surface area contributed by atoms with E-state index in [1.807, 2.05) is 0 Å². The summed E-state index contributed by atoms with van der Waals surface area (Å²) in [7, 11) is 0. The molecule has 1 fully saturated rings. The SMILES string of the molecule is CCCN1CCC(NC2CCc3sc(Cl)cc32)CC1. The van der Waals surface area contributed by atoms with Crippen molar-refractivity contribution < 1.29 is 0 Å². The summed E-state index contributed by atoms with van der Waals surface area (Å²) < 4.78 is 0.953. The van der Waals surface area contributed by atoms with E-state index in [9.17, 15) is 0 Å². The maximum absolute atomic E-state index is 6.12. The first-order valence-electron chi connectivity index (χ1n) is 7.52. The highest BCUT2D eigenvalue weighted by Gasteiger charge is 2.28. The number of aryl methyl sites for hydroxylation is 1. The number of rotatable bonds is 4. The van der Waals surface area contributed by atoms with Crippen LogP contribution >= 0.6 is 22.9 Å². The zero-order chi connectivity index (χ0) is 13.2. The molecule has 19 heavy (non-hydrogen) atoms. The lowest BCUT2D eigenvalue weighted by atomic mass is 10.0. The van der Waals surface area contributed by atoms with E-state index in [1.54, 1.807) is 11.3 Å². The van der Waals surface area contributed by atoms with Crippen LogP contribution in [0.5, 0.6) is 0 Å². The van der Waals surface area contributed by atoms with Gasteiger partial charge in [-0.3, -0.25) is 0 Å². The predicted molar refractivity (Wildman–Crippen MR) is 83.3 cm³/mol. The predicted octanol–water partition coefficient (Wildman–Crippen LogP) is 3.85. The second-order valence-electron chi connectivity index (χ2n) is 5.80. The first-order valence-corrected chi connectivity index (χ1v) is 8.72. The molecule has 0 amide bonds. The maximum atomic E-state index is 6.12. The van der Waals surface area contributed by atoms with Crippen molar-refractivity contribution in [3.63, 3.8) is 0 Å². The standard InChI is InChI=1S/C15H23ClN2S/c1-2-7-18-8-5-11(6-9-18)17-13-3-4-14-12(13)10-15(16)19-14/h10-11,13,17H,2-9H2,1H3. The van der Waals surface area contributed by atoms with E-state index in [1.165, 1.54) is 62.2 Å². The van der Waals surface area contributed by atoms with Crippen molar-refractivity contribution >= 4 is 22.9 Å². The number of nitrogens with one attached hydrogen (secondary N) is 1. The van der Waals surface area contributed by atoms with Gasteiger partial charge in [-0.2, -0.15) is 0 Å². The molecule has 0 radical (unpaired) electrons. The fraction of sp³-hybridized carbons (Fsp3) is 0.733. The highest BCUT2D eigenvalue weighted by Crippen LogP contribution is 2.39. The Kier molecular flexibility index (Phi) is 4.47. The van der Waals surface area contributed by atoms with E-state index in [-0.39, 0.29) is 0 Å². The summed E-state index contributed by atoms with van der Waals surface area (Å²) >= 11 is 7.89. The number of fused-ring (bicyclic) bond motifs is 1. The molecule has 106 valence electrons. The molecule has 0 aromatic carbocycles. The third kappa shape index (κ3) is 3.15. The number of likely N-dealkylation sites (tertiary alicyclic amines) is 1. The van der Waals surface area contributed by atoms with Crippen LogP contribution in [0.2, 0.25) is 4.34 Å². The average molecular weight is 299 g/mol. The monoisotopic (exact) mass is 298 g/mol. The van der Waals surface area contributed by atoms with Crippen molar-refractivity contribution in [3.8, 4) is 0 Å². The molecule has 1 aromatic rings. The molecule has 1 aromatic heterocycles. The van der Waals surface area contributed by atoms with Crippen LogP contribution in [0.3, 0.4) is 0 Å². The van der Waals surface area contributed by atoms with Gasteiger partial charge in [0.05, 0.1) is 4.34 Å². The Morgan fingerprint density at radius 1 is 1.37 bits per heavy atom. The van der Waals surface area contributed by atoms with Crippen molar-refractivity contribution in [2.24, 2.45) is 0 Å². The zero-order valence-electron chi connectivity index (χ0n) is 11.6. The summed E-state index contributed by atoms with van der Waals surface area (Å²) in [5.41, 5.74) is 1.48. The number of halogens is 1. The van der Waals surface area contributed by atoms with E-state index in [2.05, 4.69) is 23.2 Å². The molecule has 0 spiro atoms. The van der Waals surface area contributed by atoms with Crippen molar-refractivity contribution in [1.29, 1.82) is 0 Å². The molecular weight excluding hydrogens is 276 g/mol. The lowest BCUT2D eigenvalue weighted by Crippen LogP contribution is -2.43. The van der Waals surface area contributed by atoms with Gasteiger partial charge in [0.25, 0.3) is 0 Å². The summed E-state index contributed by atoms with van der Waals surface area (Å²) in [5, 5.41) is 3.87. The van der Waals surface area contributed by atoms with Crippen LogP contribution in [-0.2, 0) is 6.42 Å². The van der Waals surface area contributed by atoms with Crippen LogP contribution in [0.4, 0.5) is 0 Å². The number of piperidine rings is 1. The fourth-order valence-electron chi connectivity index (χ4n) is 3.43. The molecule has 1 aliphatic carbocycles. The molecule has 2 nitrogen and oxygen atoms in total. The third-order valence-electron chi connectivity index (χ3n) is 4.41. The first-order chi connectivity index (χ1) is 9.26. The van der Waals surface area contributed by atoms with Crippen molar-refractivity contribution in [3.05, 3.63) is 20.8 Å². The van der Waals surface area contributed by atoms with Gasteiger partial charge in [0.15, 0.2) is 0 Å². The summed E-state index contributed by atoms with van der Waals surface area (Å²) in [5.74, 6) is 0. The van der Waals surface area contributed by atoms with Gasteiger partial charge in [-0.25, -0.2) is 0 Å². The van der Waals surface area contributed by atoms with E-state index >= 15 is 0 Å². The lowest BCUT2D eigenvalue weighted by molar-refractivity contribution is 0.191. The van der Waals surface area contributed by atoms with E-state index in [0.717, 1.165) is 4.34 Å². The van der Waals surface area contributed by atoms with Gasteiger partial charge in [0.1, 0.15) is 0 Å². The van der Waals surface area contributed by atoms with Gasteiger partial charge in [-0.05, 0) is 63.4 Å². The van der Waals surface area contributed by atoms with Crippen molar-refractivity contribution in [2.45, 2.75) is 51.1 Å². The van der Waals surface area contributed by atoms with E-state index in [0.29, 0.717) is 12.1 Å². The Labute approximate surface area is 125 Å². The van der Waals surface area contributed by atoms with Crippen molar-refractivity contribution in [2.75, 3.05) is 19.6 Å². The summed E-state index contributed by atoms with van der Waals surface area (Å²) in [6, 6.07) is 3.43. The topological polar surface area (TPSA) is 15.3 Å². The van der Waals surface area contributed by atoms with Crippen LogP contribution in [0, 0.1) is 0 Å². The zero-order valence-corrected chi connectivity index (χ0v) is 13.2. The largest absolute Gasteiger partial charge is 0.307 e. The highest BCUT2D eigenvalue weighted by molar-refractivity contribution is 7.16. The second-order valence-corrected chi connectivity index (χ2v) is 7.57. The minimum Gasteiger partial charge on any atom is -0.307 e. The van der Waals surface area contributed by atoms with Crippen LogP contribution in [0.25, 0.3) is 0 Å². The molecule has 4 heteroatoms. The molecular formula is C15H23ClN2S. The number of thiophene rings is 1. The van der Waals surface area contributed by atoms with Gasteiger partial charge in [0.2, 0.25) is 0 Å². The molecule has 1 N–H and O–H groups in total. The van der Waals surface area contributed by atoms with Gasteiger partial charge in [-0.1, -0.05) is 18.5 Å². The molecule has 3 rings (SSSR count). The van der Waals surface area contributed by atoms with Crippen molar-refractivity contribution in [1.82, 2.24) is 10.2 Å². The molecule has 2 aliphatic rings. The normalized spacial score (nSPS) is 24.8. The third-order valence-corrected chi connectivity index (χ3v) is 5.75. The quantitative estimate of drug-likeness (QED) is 0.908. The van der Waals surface area contributed by atoms with Gasteiger partial charge in [0, 0.05) is 17.0 Å². The number of hydrogen-bond acceptors (Lipinski definition) is 3. The van der Waals surface area contributed by atoms with Gasteiger partial charge >= 0.3 is 0 Å². The van der Waals surface area contributed by atoms with E-state index < -0.39 is 0 Å². The highest BCUT2D eigenvalue weighted by atomic mass is 35.5. The van der Waals surface area contributed by atoms with Gasteiger partial charge in [-0.15, -0.1) is 11.3 Å². The Balaban J connectivity index is 1.53. The summed E-state index contributed by atoms with van der Waals surface area (Å²) in [6.45, 7) is 6.05. The molecule has 1 saturated heterocycles. The van der Waals surface area contributed by atoms with Crippen LogP contribution in [-0.4, -0.2) is 30.6 Å². The maximum Gasteiger partial charge on any atom is 0.0934 e. The van der Waals surface area contributed by atoms with Crippen LogP contribution < -0.4 is 5.32 Å². The molecule has 0 saturated carbocycles. The molecule has 2 heterocycles. The Morgan fingerprint density at radius 3 is 2.89 bits per heavy atom. The van der Waals surface area contributed by atoms with Gasteiger partial charge < -0.3 is 10.2 Å². The molecule has 1 unspecified atom stereocenters. The first kappa shape index (κ1) is 13.9. The lowest BCUT2D eigenvalue weighted by Gasteiger charge is -2.33. The number of hydrogen-bond donors (Lipinski definition) is 1. The Hall–Kier alpha value is -0.0900. The second kappa shape index (κ2) is 6.13. The smallest absolute Gasteiger partial charge is 0.0934 e. The molecule has 1 atom stereocenters. The summed E-state index contributed by atoms with van der Waals surface area (Å²) in [6.07, 6.45) is 6.33. The Bertz CT molecular complexity index is 424.